The topological polar surface area (TPSA) is 108 Å². The quantitative estimate of drug-likeness (QED) is 0.127. The van der Waals surface area contributed by atoms with Gasteiger partial charge < -0.3 is 25.0 Å². The zero-order chi connectivity index (χ0) is 52.6. The van der Waals surface area contributed by atoms with Gasteiger partial charge in [-0.2, -0.15) is 0 Å². The van der Waals surface area contributed by atoms with E-state index in [0.29, 0.717) is 36.5 Å². The number of nitrogens with zero attached hydrogens (tertiary/aromatic N) is 7. The third kappa shape index (κ3) is 14.1. The first kappa shape index (κ1) is 56.8. The molecule has 75 heavy (non-hydrogen) atoms. The molecule has 11 nitrogen and oxygen atoms in total. The van der Waals surface area contributed by atoms with Gasteiger partial charge >= 0.3 is 7.05 Å². The van der Waals surface area contributed by atoms with Crippen LogP contribution in [0.5, 0.6) is 0 Å². The summed E-state index contributed by atoms with van der Waals surface area (Å²) < 4.78 is 2.04. The van der Waals surface area contributed by atoms with Crippen molar-refractivity contribution in [3.63, 3.8) is 0 Å². The Morgan fingerprint density at radius 2 is 1.08 bits per heavy atom. The summed E-state index contributed by atoms with van der Waals surface area (Å²) in [6.07, 6.45) is 19.8. The van der Waals surface area contributed by atoms with E-state index < -0.39 is 7.05 Å². The van der Waals surface area contributed by atoms with Crippen molar-refractivity contribution >= 4 is 73.9 Å². The highest BCUT2D eigenvalue weighted by Crippen LogP contribution is 2.41. The van der Waals surface area contributed by atoms with Crippen LogP contribution >= 0.6 is 55.1 Å². The predicted octanol–water partition coefficient (Wildman–Crippen LogP) is 11.4. The summed E-state index contributed by atoms with van der Waals surface area (Å²) in [5.41, 5.74) is 10.1. The molecule has 2 unspecified atom stereocenters. The standard InChI is InChI=1S/C30H41BBrClN4O2.C29H38BrClN4O/c1-3-4-5-26-20-35(14-15-37(26)28(38)16-21-10-12-36(13-11-21)31(2)39)30-27-9-8-25(33)18-22(27)6-7-23-17-24(32)19-34-29(23)30;1-2-3-4-25-19-34(13-14-35(25)27(36)15-20-9-11-32-12-10-20)29-26-8-7-24(31)17-21(26)5-6-22-16-23(30)18-33-28(22)29/h8-9,17-19,21,26,30,39H,3-7,10-16,20H2,1-2H3;7-8,16-18,20,25,29,32H,2-6,9-15,19H2,1H3/t26-,30?;25-,29?/m00/s1. The van der Waals surface area contributed by atoms with Gasteiger partial charge in [0.1, 0.15) is 0 Å². The molecule has 0 spiro atoms. The van der Waals surface area contributed by atoms with Crippen LogP contribution in [0.4, 0.5) is 0 Å². The second-order valence-corrected chi connectivity index (χ2v) is 25.1. The second kappa shape index (κ2) is 26.8. The van der Waals surface area contributed by atoms with Crippen molar-refractivity contribution in [1.29, 1.82) is 0 Å². The van der Waals surface area contributed by atoms with E-state index in [2.05, 4.69) is 112 Å². The van der Waals surface area contributed by atoms with Crippen molar-refractivity contribution in [3.8, 4) is 0 Å². The van der Waals surface area contributed by atoms with E-state index in [1.165, 1.54) is 33.4 Å². The van der Waals surface area contributed by atoms with Crippen LogP contribution in [-0.4, -0.2) is 136 Å². The molecule has 2 aromatic carbocycles. The zero-order valence-corrected chi connectivity index (χ0v) is 49.3. The van der Waals surface area contributed by atoms with Gasteiger partial charge in [0.25, 0.3) is 0 Å². The maximum absolute atomic E-state index is 13.7. The molecule has 4 saturated heterocycles. The lowest BCUT2D eigenvalue weighted by atomic mass is 9.80. The SMILES string of the molecule is CCCC[C@H]1CN(C2c3ccc(Cl)cc3CCc3cc(Br)cnc32)CCN1C(=O)CC1CCN(B(C)O)CC1.CCCC[C@H]1CN(C2c3ccc(Cl)cc3CCc3cc(Br)cnc32)CCN1C(=O)CC1CCNCC1. The number of carbonyl (C=O) groups excluding carboxylic acids is 2. The first-order valence-corrected chi connectivity index (χ1v) is 30.8. The van der Waals surface area contributed by atoms with Gasteiger partial charge in [-0.1, -0.05) is 74.9 Å². The molecule has 0 saturated carbocycles. The number of nitrogens with one attached hydrogen (secondary N) is 1. The smallest absolute Gasteiger partial charge is 0.376 e. The molecule has 2 N–H and O–H groups in total. The Labute approximate surface area is 474 Å². The summed E-state index contributed by atoms with van der Waals surface area (Å²) in [6.45, 7) is 15.1. The van der Waals surface area contributed by atoms with E-state index in [0.717, 1.165) is 186 Å². The fourth-order valence-corrected chi connectivity index (χ4v) is 14.3. The van der Waals surface area contributed by atoms with Crippen LogP contribution < -0.4 is 5.32 Å². The summed E-state index contributed by atoms with van der Waals surface area (Å²) in [5.74, 6) is 1.60. The Hall–Kier alpha value is -2.92. The third-order valence-corrected chi connectivity index (χ3v) is 18.7. The lowest BCUT2D eigenvalue weighted by Crippen LogP contribution is -2.56. The van der Waals surface area contributed by atoms with Crippen LogP contribution in [0.3, 0.4) is 0 Å². The van der Waals surface area contributed by atoms with E-state index >= 15 is 0 Å². The zero-order valence-electron chi connectivity index (χ0n) is 44.6. The molecule has 0 radical (unpaired) electrons. The highest BCUT2D eigenvalue weighted by atomic mass is 79.9. The van der Waals surface area contributed by atoms with Gasteiger partial charge in [-0.15, -0.1) is 0 Å². The minimum Gasteiger partial charge on any atom is -0.437 e. The van der Waals surface area contributed by atoms with E-state index in [1.54, 1.807) is 0 Å². The Bertz CT molecular complexity index is 2470. The average molecular weight is 1190 g/mol. The number of fused-ring (bicyclic) bond motifs is 4. The Kier molecular flexibility index (Phi) is 20.3. The maximum Gasteiger partial charge on any atom is 0.376 e. The number of hydrogen-bond donors (Lipinski definition) is 2. The van der Waals surface area contributed by atoms with Crippen LogP contribution in [0.15, 0.2) is 69.9 Å². The van der Waals surface area contributed by atoms with Crippen molar-refractivity contribution in [2.24, 2.45) is 11.8 Å². The number of aromatic nitrogens is 2. The number of halogens is 4. The summed E-state index contributed by atoms with van der Waals surface area (Å²) in [6, 6.07) is 17.8. The van der Waals surface area contributed by atoms with Crippen LogP contribution in [0.1, 0.15) is 148 Å². The van der Waals surface area contributed by atoms with Gasteiger partial charge in [0.15, 0.2) is 0 Å². The molecule has 4 aromatic rings. The lowest BCUT2D eigenvalue weighted by molar-refractivity contribution is -0.139. The molecular weight excluding hydrogens is 1110 g/mol. The van der Waals surface area contributed by atoms with Crippen molar-refractivity contribution in [3.05, 3.63) is 125 Å². The molecule has 16 heteroatoms. The number of benzene rings is 2. The molecule has 4 atom stereocenters. The second-order valence-electron chi connectivity index (χ2n) is 22.4. The van der Waals surface area contributed by atoms with Crippen LogP contribution in [-0.2, 0) is 35.3 Å². The number of piperidine rings is 2. The van der Waals surface area contributed by atoms with Crippen LogP contribution in [0.2, 0.25) is 16.9 Å². The fourth-order valence-electron chi connectivity index (χ4n) is 13.2. The van der Waals surface area contributed by atoms with Gasteiger partial charge in [0.05, 0.1) is 23.5 Å². The monoisotopic (exact) mass is 1190 g/mol. The predicted molar refractivity (Wildman–Crippen MR) is 311 cm³/mol. The molecule has 0 bridgehead atoms. The fraction of sp³-hybridized carbons (Fsp3) is 0.593. The first-order valence-electron chi connectivity index (χ1n) is 28.4. The van der Waals surface area contributed by atoms with E-state index in [4.69, 9.17) is 33.2 Å². The van der Waals surface area contributed by atoms with Gasteiger partial charge in [-0.05, 0) is 211 Å². The Morgan fingerprint density at radius 1 is 0.640 bits per heavy atom. The number of carbonyl (C=O) groups is 2. The lowest BCUT2D eigenvalue weighted by Gasteiger charge is -2.45. The summed E-state index contributed by atoms with van der Waals surface area (Å²) >= 11 is 20.1. The molecule has 6 aliphatic rings. The molecule has 2 amide bonds. The molecular formula is C59H79BBr2Cl2N8O3. The normalized spacial score (nSPS) is 22.9. The minimum atomic E-state index is -0.404. The van der Waals surface area contributed by atoms with Gasteiger partial charge in [0.2, 0.25) is 11.8 Å². The highest BCUT2D eigenvalue weighted by Gasteiger charge is 2.40. The van der Waals surface area contributed by atoms with Crippen molar-refractivity contribution in [2.75, 3.05) is 65.4 Å². The van der Waals surface area contributed by atoms with Crippen molar-refractivity contribution in [1.82, 2.24) is 39.7 Å². The molecule has 2 aliphatic carbocycles. The minimum absolute atomic E-state index is 0.0639. The first-order chi connectivity index (χ1) is 36.4. The molecule has 404 valence electrons. The molecule has 4 fully saturated rings. The molecule has 2 aromatic heterocycles. The number of amides is 2. The maximum atomic E-state index is 13.7. The van der Waals surface area contributed by atoms with Crippen molar-refractivity contribution in [2.45, 2.75) is 148 Å². The van der Waals surface area contributed by atoms with E-state index in [1.807, 2.05) is 31.3 Å². The van der Waals surface area contributed by atoms with E-state index in [9.17, 15) is 14.6 Å². The number of piperazine rings is 2. The summed E-state index contributed by atoms with van der Waals surface area (Å²) in [5, 5.41) is 14.9. The molecule has 10 rings (SSSR count). The van der Waals surface area contributed by atoms with Gasteiger partial charge in [-0.3, -0.25) is 29.4 Å². The average Bonchev–Trinajstić information content (AvgIpc) is 3.67. The van der Waals surface area contributed by atoms with Crippen LogP contribution in [0, 0.1) is 11.8 Å². The largest absolute Gasteiger partial charge is 0.437 e. The van der Waals surface area contributed by atoms with Gasteiger partial charge in [-0.25, -0.2) is 0 Å². The number of aryl methyl sites for hydroxylation is 4. The van der Waals surface area contributed by atoms with Gasteiger partial charge in [0, 0.05) is 95.6 Å². The van der Waals surface area contributed by atoms with E-state index in [-0.39, 0.29) is 24.2 Å². The number of unbranched alkanes of at least 4 members (excludes halogenated alkanes) is 2. The number of pyridine rings is 2. The molecule has 4 aliphatic heterocycles. The Morgan fingerprint density at radius 3 is 1.52 bits per heavy atom. The number of hydrogen-bond acceptors (Lipinski definition) is 9. The highest BCUT2D eigenvalue weighted by molar-refractivity contribution is 9.10. The third-order valence-electron chi connectivity index (χ3n) is 17.3. The Balaban J connectivity index is 0.000000184. The molecule has 6 heterocycles. The summed E-state index contributed by atoms with van der Waals surface area (Å²) in [4.78, 5) is 48.8. The van der Waals surface area contributed by atoms with Crippen molar-refractivity contribution < 1.29 is 14.6 Å². The number of rotatable bonds is 13. The van der Waals surface area contributed by atoms with Crippen LogP contribution in [0.25, 0.3) is 0 Å². The summed E-state index contributed by atoms with van der Waals surface area (Å²) in [7, 11) is -0.404.